The molecule has 1 atom stereocenters. The van der Waals surface area contributed by atoms with Crippen LogP contribution in [0.25, 0.3) is 0 Å². The van der Waals surface area contributed by atoms with Gasteiger partial charge in [-0.2, -0.15) is 0 Å². The standard InChI is InChI=1S/C13H22N2OS/c1-4-15(5-2)9-10-17(16)13-8-6-7-12(14)11(13)3/h6-8H,4-5,9-10,14H2,1-3H3. The highest BCUT2D eigenvalue weighted by Crippen LogP contribution is 2.19. The summed E-state index contributed by atoms with van der Waals surface area (Å²) in [5.74, 6) is 0.673. The van der Waals surface area contributed by atoms with Crippen molar-refractivity contribution in [2.75, 3.05) is 31.1 Å². The molecule has 4 heteroatoms. The van der Waals surface area contributed by atoms with Crippen molar-refractivity contribution in [2.24, 2.45) is 0 Å². The summed E-state index contributed by atoms with van der Waals surface area (Å²) in [5.41, 5.74) is 7.49. The normalized spacial score (nSPS) is 12.9. The van der Waals surface area contributed by atoms with Crippen molar-refractivity contribution in [2.45, 2.75) is 25.7 Å². The molecule has 0 fully saturated rings. The molecule has 0 aliphatic heterocycles. The summed E-state index contributed by atoms with van der Waals surface area (Å²) in [6, 6.07) is 5.62. The van der Waals surface area contributed by atoms with Gasteiger partial charge >= 0.3 is 0 Å². The van der Waals surface area contributed by atoms with Crippen molar-refractivity contribution in [3.05, 3.63) is 23.8 Å². The van der Waals surface area contributed by atoms with Crippen LogP contribution in [0, 0.1) is 6.92 Å². The number of benzene rings is 1. The molecule has 1 rings (SSSR count). The molecule has 1 aromatic rings. The van der Waals surface area contributed by atoms with E-state index in [9.17, 15) is 4.21 Å². The Kier molecular flexibility index (Phi) is 5.65. The Bertz CT molecular complexity index is 389. The summed E-state index contributed by atoms with van der Waals surface area (Å²) in [6.45, 7) is 9.05. The predicted octanol–water partition coefficient (Wildman–Crippen LogP) is 2.03. The molecular formula is C13H22N2OS. The SMILES string of the molecule is CCN(CC)CCS(=O)c1cccc(N)c1C. The van der Waals surface area contributed by atoms with Crippen LogP contribution in [0.4, 0.5) is 5.69 Å². The zero-order valence-corrected chi connectivity index (χ0v) is 11.7. The first-order valence-corrected chi connectivity index (χ1v) is 7.37. The van der Waals surface area contributed by atoms with Crippen molar-refractivity contribution < 1.29 is 4.21 Å². The largest absolute Gasteiger partial charge is 0.398 e. The second kappa shape index (κ2) is 6.77. The van der Waals surface area contributed by atoms with E-state index in [1.54, 1.807) is 0 Å². The number of nitrogens with two attached hydrogens (primary N) is 1. The number of rotatable bonds is 6. The van der Waals surface area contributed by atoms with E-state index in [-0.39, 0.29) is 0 Å². The molecular weight excluding hydrogens is 232 g/mol. The van der Waals surface area contributed by atoms with Crippen molar-refractivity contribution in [1.29, 1.82) is 0 Å². The van der Waals surface area contributed by atoms with Crippen LogP contribution in [0.3, 0.4) is 0 Å². The number of nitrogen functional groups attached to an aromatic ring is 1. The lowest BCUT2D eigenvalue weighted by Crippen LogP contribution is -2.27. The Hall–Kier alpha value is -0.870. The Morgan fingerprint density at radius 3 is 2.53 bits per heavy atom. The van der Waals surface area contributed by atoms with Crippen LogP contribution in [-0.2, 0) is 10.8 Å². The molecule has 0 amide bonds. The minimum Gasteiger partial charge on any atom is -0.398 e. The lowest BCUT2D eigenvalue weighted by atomic mass is 10.2. The molecule has 1 aromatic carbocycles. The van der Waals surface area contributed by atoms with Crippen LogP contribution in [0.2, 0.25) is 0 Å². The topological polar surface area (TPSA) is 46.3 Å². The molecule has 0 radical (unpaired) electrons. The van der Waals surface area contributed by atoms with Gasteiger partial charge in [-0.05, 0) is 37.7 Å². The molecule has 1 unspecified atom stereocenters. The smallest absolute Gasteiger partial charge is 0.0545 e. The molecule has 0 bridgehead atoms. The summed E-state index contributed by atoms with van der Waals surface area (Å²) >= 11 is 0. The molecule has 96 valence electrons. The molecule has 0 aromatic heterocycles. The summed E-state index contributed by atoms with van der Waals surface area (Å²) in [5, 5.41) is 0. The molecule has 0 aliphatic carbocycles. The number of anilines is 1. The van der Waals surface area contributed by atoms with Gasteiger partial charge in [0.2, 0.25) is 0 Å². The van der Waals surface area contributed by atoms with E-state index in [2.05, 4.69) is 18.7 Å². The zero-order valence-electron chi connectivity index (χ0n) is 10.9. The molecule has 17 heavy (non-hydrogen) atoms. The van der Waals surface area contributed by atoms with Crippen LogP contribution in [-0.4, -0.2) is 34.5 Å². The summed E-state index contributed by atoms with van der Waals surface area (Å²) in [7, 11) is -0.951. The second-order valence-corrected chi connectivity index (χ2v) is 5.59. The molecule has 0 spiro atoms. The quantitative estimate of drug-likeness (QED) is 0.790. The third-order valence-electron chi connectivity index (χ3n) is 3.06. The number of hydrogen-bond acceptors (Lipinski definition) is 3. The first-order chi connectivity index (χ1) is 8.10. The van der Waals surface area contributed by atoms with Gasteiger partial charge in [0.05, 0.1) is 10.8 Å². The van der Waals surface area contributed by atoms with Gasteiger partial charge in [-0.25, -0.2) is 0 Å². The molecule has 0 saturated carbocycles. The van der Waals surface area contributed by atoms with Crippen LogP contribution in [0.1, 0.15) is 19.4 Å². The van der Waals surface area contributed by atoms with E-state index in [1.807, 2.05) is 25.1 Å². The third-order valence-corrected chi connectivity index (χ3v) is 4.54. The summed E-state index contributed by atoms with van der Waals surface area (Å²) < 4.78 is 12.2. The Morgan fingerprint density at radius 1 is 1.29 bits per heavy atom. The summed E-state index contributed by atoms with van der Waals surface area (Å²) in [6.07, 6.45) is 0. The van der Waals surface area contributed by atoms with Crippen molar-refractivity contribution in [3.63, 3.8) is 0 Å². The van der Waals surface area contributed by atoms with E-state index in [0.29, 0.717) is 5.75 Å². The Morgan fingerprint density at radius 2 is 1.94 bits per heavy atom. The van der Waals surface area contributed by atoms with Gasteiger partial charge in [-0.3, -0.25) is 4.21 Å². The van der Waals surface area contributed by atoms with E-state index in [4.69, 9.17) is 5.73 Å². The average molecular weight is 254 g/mol. The molecule has 0 aliphatic rings. The molecule has 0 saturated heterocycles. The van der Waals surface area contributed by atoms with Gasteiger partial charge in [-0.1, -0.05) is 19.9 Å². The van der Waals surface area contributed by atoms with Crippen molar-refractivity contribution in [1.82, 2.24) is 4.90 Å². The van der Waals surface area contributed by atoms with Crippen LogP contribution in [0.5, 0.6) is 0 Å². The van der Waals surface area contributed by atoms with Gasteiger partial charge in [0, 0.05) is 22.9 Å². The first-order valence-electron chi connectivity index (χ1n) is 6.06. The Balaban J connectivity index is 2.67. The lowest BCUT2D eigenvalue weighted by Gasteiger charge is -2.17. The van der Waals surface area contributed by atoms with E-state index in [1.165, 1.54) is 0 Å². The fraction of sp³-hybridized carbons (Fsp3) is 0.538. The van der Waals surface area contributed by atoms with Crippen molar-refractivity contribution >= 4 is 16.5 Å². The maximum absolute atomic E-state index is 12.2. The molecule has 3 nitrogen and oxygen atoms in total. The third kappa shape index (κ3) is 3.82. The highest BCUT2D eigenvalue weighted by Gasteiger charge is 2.10. The minimum atomic E-state index is -0.951. The monoisotopic (exact) mass is 254 g/mol. The summed E-state index contributed by atoms with van der Waals surface area (Å²) in [4.78, 5) is 3.15. The maximum Gasteiger partial charge on any atom is 0.0545 e. The zero-order chi connectivity index (χ0) is 12.8. The average Bonchev–Trinajstić information content (AvgIpc) is 2.33. The van der Waals surface area contributed by atoms with Gasteiger partial charge in [-0.15, -0.1) is 0 Å². The molecule has 2 N–H and O–H groups in total. The fourth-order valence-electron chi connectivity index (χ4n) is 1.74. The minimum absolute atomic E-state index is 0.673. The van der Waals surface area contributed by atoms with Gasteiger partial charge in [0.15, 0.2) is 0 Å². The lowest BCUT2D eigenvalue weighted by molar-refractivity contribution is 0.323. The van der Waals surface area contributed by atoms with E-state index < -0.39 is 10.8 Å². The highest BCUT2D eigenvalue weighted by atomic mass is 32.2. The van der Waals surface area contributed by atoms with Gasteiger partial charge in [0.25, 0.3) is 0 Å². The van der Waals surface area contributed by atoms with Crippen LogP contribution < -0.4 is 5.73 Å². The number of hydrogen-bond donors (Lipinski definition) is 1. The Labute approximate surface area is 106 Å². The predicted molar refractivity (Wildman–Crippen MR) is 74.7 cm³/mol. The maximum atomic E-state index is 12.2. The van der Waals surface area contributed by atoms with Crippen LogP contribution >= 0.6 is 0 Å². The van der Waals surface area contributed by atoms with Crippen molar-refractivity contribution in [3.8, 4) is 0 Å². The van der Waals surface area contributed by atoms with Gasteiger partial charge < -0.3 is 10.6 Å². The molecule has 0 heterocycles. The van der Waals surface area contributed by atoms with Crippen LogP contribution in [0.15, 0.2) is 23.1 Å². The van der Waals surface area contributed by atoms with Gasteiger partial charge in [0.1, 0.15) is 0 Å². The highest BCUT2D eigenvalue weighted by molar-refractivity contribution is 7.85. The number of nitrogens with zero attached hydrogens (tertiary/aromatic N) is 1. The first kappa shape index (κ1) is 14.2. The fourth-order valence-corrected chi connectivity index (χ4v) is 3.07. The van der Waals surface area contributed by atoms with E-state index >= 15 is 0 Å². The van der Waals surface area contributed by atoms with E-state index in [0.717, 1.165) is 35.8 Å². The second-order valence-electron chi connectivity index (χ2n) is 4.05.